The van der Waals surface area contributed by atoms with Crippen LogP contribution in [0.25, 0.3) is 0 Å². The summed E-state index contributed by atoms with van der Waals surface area (Å²) in [5.74, 6) is 0.426. The molecule has 0 unspecified atom stereocenters. The van der Waals surface area contributed by atoms with Crippen molar-refractivity contribution in [3.05, 3.63) is 54.1 Å². The summed E-state index contributed by atoms with van der Waals surface area (Å²) in [6, 6.07) is 13.9. The van der Waals surface area contributed by atoms with Crippen LogP contribution in [-0.4, -0.2) is 30.4 Å². The molecule has 1 heterocycles. The highest BCUT2D eigenvalue weighted by atomic mass is 16.5. The number of ether oxygens (including phenoxy) is 1. The van der Waals surface area contributed by atoms with Crippen molar-refractivity contribution in [2.45, 2.75) is 26.3 Å². The van der Waals surface area contributed by atoms with Gasteiger partial charge in [-0.3, -0.25) is 14.9 Å². The minimum Gasteiger partial charge on any atom is -0.494 e. The highest BCUT2D eigenvalue weighted by Gasteiger charge is 2.27. The number of hydrogen-bond donors (Lipinski definition) is 3. The number of nitrogens with one attached hydrogen (secondary N) is 3. The van der Waals surface area contributed by atoms with Crippen molar-refractivity contribution in [2.75, 3.05) is 17.2 Å². The molecule has 0 bridgehead atoms. The Balaban J connectivity index is 1.68. The van der Waals surface area contributed by atoms with Gasteiger partial charge in [0, 0.05) is 11.4 Å². The Morgan fingerprint density at radius 1 is 1.15 bits per heavy atom. The fraction of sp³-hybridized carbons (Fsp3) is 0.250. The number of carbonyl (C=O) groups excluding carboxylic acids is 2. The molecule has 7 heteroatoms. The molecule has 3 N–H and O–H groups in total. The van der Waals surface area contributed by atoms with Crippen LogP contribution < -0.4 is 20.7 Å². The van der Waals surface area contributed by atoms with Crippen LogP contribution in [0.5, 0.6) is 5.75 Å². The van der Waals surface area contributed by atoms with Crippen molar-refractivity contribution in [3.8, 4) is 5.75 Å². The first-order valence-corrected chi connectivity index (χ1v) is 8.78. The summed E-state index contributed by atoms with van der Waals surface area (Å²) in [4.78, 5) is 28.8. The Kier molecular flexibility index (Phi) is 5.71. The molecule has 3 rings (SSSR count). The van der Waals surface area contributed by atoms with Gasteiger partial charge in [0.05, 0.1) is 13.0 Å². The first-order valence-electron chi connectivity index (χ1n) is 8.78. The second-order valence-electron chi connectivity index (χ2n) is 6.18. The van der Waals surface area contributed by atoms with E-state index < -0.39 is 6.04 Å². The molecule has 0 radical (unpaired) electrons. The number of guanidine groups is 1. The molecule has 2 aromatic carbocycles. The van der Waals surface area contributed by atoms with Crippen LogP contribution in [-0.2, 0) is 9.59 Å². The normalized spacial score (nSPS) is 16.1. The summed E-state index contributed by atoms with van der Waals surface area (Å²) >= 11 is 0. The zero-order chi connectivity index (χ0) is 19.2. The number of aryl methyl sites for hydroxylation is 1. The van der Waals surface area contributed by atoms with E-state index in [0.717, 1.165) is 17.0 Å². The zero-order valence-electron chi connectivity index (χ0n) is 15.3. The minimum atomic E-state index is -0.787. The van der Waals surface area contributed by atoms with Crippen LogP contribution in [0.3, 0.4) is 0 Å². The van der Waals surface area contributed by atoms with Crippen LogP contribution in [0, 0.1) is 6.92 Å². The second-order valence-corrected chi connectivity index (χ2v) is 6.18. The summed E-state index contributed by atoms with van der Waals surface area (Å²) in [7, 11) is 0. The van der Waals surface area contributed by atoms with E-state index in [-0.39, 0.29) is 24.2 Å². The van der Waals surface area contributed by atoms with E-state index in [2.05, 4.69) is 20.9 Å². The van der Waals surface area contributed by atoms with E-state index in [0.29, 0.717) is 12.3 Å². The fourth-order valence-corrected chi connectivity index (χ4v) is 2.61. The third-order valence-corrected chi connectivity index (χ3v) is 3.97. The van der Waals surface area contributed by atoms with E-state index in [1.165, 1.54) is 0 Å². The third kappa shape index (κ3) is 5.07. The Morgan fingerprint density at radius 2 is 1.81 bits per heavy atom. The van der Waals surface area contributed by atoms with Gasteiger partial charge >= 0.3 is 0 Å². The van der Waals surface area contributed by atoms with E-state index in [9.17, 15) is 9.59 Å². The van der Waals surface area contributed by atoms with E-state index >= 15 is 0 Å². The molecule has 0 aliphatic carbocycles. The molecule has 2 amide bonds. The van der Waals surface area contributed by atoms with Crippen molar-refractivity contribution in [1.82, 2.24) is 5.32 Å². The maximum atomic E-state index is 12.5. The second kappa shape index (κ2) is 8.35. The van der Waals surface area contributed by atoms with E-state index in [4.69, 9.17) is 4.74 Å². The summed E-state index contributed by atoms with van der Waals surface area (Å²) in [5, 5.41) is 8.46. The molecule has 0 saturated heterocycles. The lowest BCUT2D eigenvalue weighted by atomic mass is 10.1. The minimum absolute atomic E-state index is 0.00610. The molecule has 1 atom stereocenters. The summed E-state index contributed by atoms with van der Waals surface area (Å²) in [6.07, 6.45) is 0.00610. The quantitative estimate of drug-likeness (QED) is 0.759. The summed E-state index contributed by atoms with van der Waals surface area (Å²) in [6.45, 7) is 4.48. The van der Waals surface area contributed by atoms with Crippen molar-refractivity contribution in [3.63, 3.8) is 0 Å². The van der Waals surface area contributed by atoms with E-state index in [1.54, 1.807) is 0 Å². The van der Waals surface area contributed by atoms with Gasteiger partial charge in [-0.25, -0.2) is 4.99 Å². The average molecular weight is 366 g/mol. The molecular formula is C20H22N4O3. The monoisotopic (exact) mass is 366 g/mol. The third-order valence-electron chi connectivity index (χ3n) is 3.97. The molecule has 7 nitrogen and oxygen atoms in total. The van der Waals surface area contributed by atoms with Gasteiger partial charge < -0.3 is 15.4 Å². The van der Waals surface area contributed by atoms with Crippen molar-refractivity contribution < 1.29 is 14.3 Å². The fourth-order valence-electron chi connectivity index (χ4n) is 2.61. The number of amides is 2. The van der Waals surface area contributed by atoms with Crippen LogP contribution in [0.1, 0.15) is 18.9 Å². The predicted octanol–water partition coefficient (Wildman–Crippen LogP) is 2.69. The molecule has 140 valence electrons. The first kappa shape index (κ1) is 18.4. The van der Waals surface area contributed by atoms with Crippen LogP contribution >= 0.6 is 0 Å². The highest BCUT2D eigenvalue weighted by Crippen LogP contribution is 2.17. The molecule has 0 saturated carbocycles. The zero-order valence-corrected chi connectivity index (χ0v) is 15.3. The van der Waals surface area contributed by atoms with Gasteiger partial charge in [-0.15, -0.1) is 0 Å². The Bertz CT molecular complexity index is 845. The number of benzene rings is 2. The molecule has 2 aromatic rings. The van der Waals surface area contributed by atoms with Gasteiger partial charge in [0.15, 0.2) is 0 Å². The van der Waals surface area contributed by atoms with Gasteiger partial charge in [-0.2, -0.15) is 0 Å². The molecule has 0 fully saturated rings. The SMILES string of the molecule is CCOc1ccc(NC2=N[C@@H](C(=O)Nc3ccc(C)cc3)CC(=O)N2)cc1. The van der Waals surface area contributed by atoms with Crippen molar-refractivity contribution in [2.24, 2.45) is 4.99 Å². The lowest BCUT2D eigenvalue weighted by Crippen LogP contribution is -2.45. The highest BCUT2D eigenvalue weighted by molar-refractivity contribution is 6.10. The molecule has 0 aromatic heterocycles. The first-order chi connectivity index (χ1) is 13.0. The molecule has 27 heavy (non-hydrogen) atoms. The Labute approximate surface area is 157 Å². The summed E-state index contributed by atoms with van der Waals surface area (Å²) < 4.78 is 5.40. The van der Waals surface area contributed by atoms with E-state index in [1.807, 2.05) is 62.4 Å². The van der Waals surface area contributed by atoms with Gasteiger partial charge in [-0.1, -0.05) is 17.7 Å². The average Bonchev–Trinajstić information content (AvgIpc) is 2.65. The van der Waals surface area contributed by atoms with Gasteiger partial charge in [0.25, 0.3) is 0 Å². The molecule has 0 spiro atoms. The molecule has 1 aliphatic heterocycles. The topological polar surface area (TPSA) is 91.8 Å². The Hall–Kier alpha value is -3.35. The maximum Gasteiger partial charge on any atom is 0.249 e. The Morgan fingerprint density at radius 3 is 2.48 bits per heavy atom. The number of nitrogens with zero attached hydrogens (tertiary/aromatic N) is 1. The number of hydrogen-bond acceptors (Lipinski definition) is 5. The largest absolute Gasteiger partial charge is 0.494 e. The van der Waals surface area contributed by atoms with Crippen LogP contribution in [0.15, 0.2) is 53.5 Å². The lowest BCUT2D eigenvalue weighted by Gasteiger charge is -2.21. The van der Waals surface area contributed by atoms with Crippen LogP contribution in [0.4, 0.5) is 11.4 Å². The van der Waals surface area contributed by atoms with Gasteiger partial charge in [-0.05, 0) is 50.2 Å². The van der Waals surface area contributed by atoms with Crippen molar-refractivity contribution in [1.29, 1.82) is 0 Å². The lowest BCUT2D eigenvalue weighted by molar-refractivity contribution is -0.124. The number of aliphatic imine (C=N–C) groups is 1. The van der Waals surface area contributed by atoms with Gasteiger partial charge in [0.2, 0.25) is 17.8 Å². The number of carbonyl (C=O) groups is 2. The van der Waals surface area contributed by atoms with Crippen molar-refractivity contribution >= 4 is 29.1 Å². The molecule has 1 aliphatic rings. The number of rotatable bonds is 5. The summed E-state index contributed by atoms with van der Waals surface area (Å²) in [5.41, 5.74) is 2.51. The molecular weight excluding hydrogens is 344 g/mol. The van der Waals surface area contributed by atoms with Gasteiger partial charge in [0.1, 0.15) is 11.8 Å². The predicted molar refractivity (Wildman–Crippen MR) is 105 cm³/mol. The standard InChI is InChI=1S/C20H22N4O3/c1-3-27-16-10-8-15(9-11-16)22-20-23-17(12-18(25)24-20)19(26)21-14-6-4-13(2)5-7-14/h4-11,17H,3,12H2,1-2H3,(H,21,26)(H2,22,23,24,25)/t17-/m1/s1. The number of anilines is 2. The maximum absolute atomic E-state index is 12.5. The smallest absolute Gasteiger partial charge is 0.249 e. The van der Waals surface area contributed by atoms with Crippen LogP contribution in [0.2, 0.25) is 0 Å².